The molecular weight excluding hydrogens is 328 g/mol. The quantitative estimate of drug-likeness (QED) is 0.815. The summed E-state index contributed by atoms with van der Waals surface area (Å²) in [6.45, 7) is 0.703. The first-order valence-corrected chi connectivity index (χ1v) is 9.11. The lowest BCUT2D eigenvalue weighted by Gasteiger charge is -2.14. The van der Waals surface area contributed by atoms with Crippen LogP contribution in [0.15, 0.2) is 16.3 Å². The lowest BCUT2D eigenvalue weighted by molar-refractivity contribution is -0.143. The second-order valence-corrected chi connectivity index (χ2v) is 8.49. The molecule has 0 radical (unpaired) electrons. The van der Waals surface area contributed by atoms with Crippen molar-refractivity contribution in [2.75, 3.05) is 26.7 Å². The Morgan fingerprint density at radius 2 is 1.95 bits per heavy atom. The van der Waals surface area contributed by atoms with Crippen LogP contribution in [0.5, 0.6) is 0 Å². The summed E-state index contributed by atoms with van der Waals surface area (Å²) in [5, 5.41) is 8.65. The number of sulfonamides is 1. The minimum absolute atomic E-state index is 0.00394. The summed E-state index contributed by atoms with van der Waals surface area (Å²) >= 11 is 1.07. The van der Waals surface area contributed by atoms with Gasteiger partial charge in [0.25, 0.3) is 10.0 Å². The van der Waals surface area contributed by atoms with Crippen molar-refractivity contribution in [1.82, 2.24) is 9.21 Å². The van der Waals surface area contributed by atoms with E-state index in [1.54, 1.807) is 6.07 Å². The molecule has 2 rings (SSSR count). The fourth-order valence-corrected chi connectivity index (χ4v) is 5.24. The Morgan fingerprint density at radius 3 is 2.55 bits per heavy atom. The van der Waals surface area contributed by atoms with Crippen molar-refractivity contribution >= 4 is 33.2 Å². The first kappa shape index (κ1) is 16.9. The van der Waals surface area contributed by atoms with Gasteiger partial charge in [0.05, 0.1) is 6.42 Å². The van der Waals surface area contributed by atoms with Gasteiger partial charge < -0.3 is 10.0 Å². The fraction of sp³-hybridized carbons (Fsp3) is 0.538. The monoisotopic (exact) mass is 346 g/mol. The summed E-state index contributed by atoms with van der Waals surface area (Å²) in [4.78, 5) is 24.2. The molecule has 1 N–H and O–H groups in total. The molecular formula is C13H18N2O5S2. The molecule has 0 unspecified atom stereocenters. The van der Waals surface area contributed by atoms with Gasteiger partial charge in [-0.3, -0.25) is 9.59 Å². The number of rotatable bonds is 6. The number of carboxylic acid groups (broad SMARTS) is 1. The second-order valence-electron chi connectivity index (χ2n) is 5.15. The van der Waals surface area contributed by atoms with Gasteiger partial charge in [-0.15, -0.1) is 11.3 Å². The standard InChI is InChI=1S/C13H18N2O5S2/c1-14(9-12(17)18)11(16)8-10-4-5-13(21-10)22(19,20)15-6-2-3-7-15/h4-5H,2-3,6-9H2,1H3,(H,17,18). The van der Waals surface area contributed by atoms with Gasteiger partial charge in [-0.2, -0.15) is 4.31 Å². The Bertz CT molecular complexity index is 662. The maximum atomic E-state index is 12.4. The number of hydrogen-bond donors (Lipinski definition) is 1. The van der Waals surface area contributed by atoms with E-state index >= 15 is 0 Å². The van der Waals surface area contributed by atoms with Crippen LogP contribution in [0, 0.1) is 0 Å². The largest absolute Gasteiger partial charge is 0.480 e. The molecule has 0 aliphatic carbocycles. The van der Waals surface area contributed by atoms with Crippen molar-refractivity contribution in [2.24, 2.45) is 0 Å². The summed E-state index contributed by atoms with van der Waals surface area (Å²) in [5.41, 5.74) is 0. The zero-order valence-electron chi connectivity index (χ0n) is 12.2. The van der Waals surface area contributed by atoms with E-state index < -0.39 is 16.0 Å². The summed E-state index contributed by atoms with van der Waals surface area (Å²) < 4.78 is 26.4. The first-order valence-electron chi connectivity index (χ1n) is 6.85. The minimum Gasteiger partial charge on any atom is -0.480 e. The predicted octanol–water partition coefficient (Wildman–Crippen LogP) is 0.618. The van der Waals surface area contributed by atoms with Crippen LogP contribution in [-0.2, 0) is 26.0 Å². The zero-order chi connectivity index (χ0) is 16.3. The summed E-state index contributed by atoms with van der Waals surface area (Å²) in [5.74, 6) is -1.44. The molecule has 1 aromatic heterocycles. The van der Waals surface area contributed by atoms with Crippen LogP contribution in [-0.4, -0.2) is 61.3 Å². The SMILES string of the molecule is CN(CC(=O)O)C(=O)Cc1ccc(S(=O)(=O)N2CCCC2)s1. The van der Waals surface area contributed by atoms with Crippen molar-refractivity contribution in [2.45, 2.75) is 23.5 Å². The molecule has 1 aliphatic heterocycles. The van der Waals surface area contributed by atoms with E-state index in [1.165, 1.54) is 17.4 Å². The van der Waals surface area contributed by atoms with Gasteiger partial charge in [0.1, 0.15) is 10.8 Å². The van der Waals surface area contributed by atoms with E-state index in [4.69, 9.17) is 5.11 Å². The third-order valence-corrected chi connectivity index (χ3v) is 6.87. The lowest BCUT2D eigenvalue weighted by atomic mass is 10.3. The molecule has 1 aliphatic rings. The fourth-order valence-electron chi connectivity index (χ4n) is 2.22. The molecule has 0 saturated carbocycles. The van der Waals surface area contributed by atoms with Crippen molar-refractivity contribution in [3.63, 3.8) is 0 Å². The van der Waals surface area contributed by atoms with E-state index in [9.17, 15) is 18.0 Å². The average Bonchev–Trinajstić information content (AvgIpc) is 3.09. The Labute approximate surface area is 133 Å². The third-order valence-electron chi connectivity index (χ3n) is 3.42. The minimum atomic E-state index is -3.46. The molecule has 0 spiro atoms. The van der Waals surface area contributed by atoms with Crippen LogP contribution in [0.4, 0.5) is 0 Å². The molecule has 1 amide bonds. The number of carbonyl (C=O) groups is 2. The van der Waals surface area contributed by atoms with E-state index in [1.807, 2.05) is 0 Å². The Kier molecular flexibility index (Phi) is 5.20. The van der Waals surface area contributed by atoms with Crippen molar-refractivity contribution in [1.29, 1.82) is 0 Å². The molecule has 1 aromatic rings. The Morgan fingerprint density at radius 1 is 1.32 bits per heavy atom. The normalized spacial score (nSPS) is 15.9. The smallest absolute Gasteiger partial charge is 0.323 e. The molecule has 9 heteroatoms. The van der Waals surface area contributed by atoms with Crippen LogP contribution < -0.4 is 0 Å². The van der Waals surface area contributed by atoms with Crippen molar-refractivity contribution in [3.05, 3.63) is 17.0 Å². The third kappa shape index (κ3) is 3.84. The van der Waals surface area contributed by atoms with Gasteiger partial charge in [-0.1, -0.05) is 0 Å². The number of carboxylic acids is 1. The van der Waals surface area contributed by atoms with Crippen LogP contribution >= 0.6 is 11.3 Å². The summed E-state index contributed by atoms with van der Waals surface area (Å²) in [6.07, 6.45) is 1.75. The molecule has 7 nitrogen and oxygen atoms in total. The summed E-state index contributed by atoms with van der Waals surface area (Å²) in [6, 6.07) is 3.12. The number of thiophene rings is 1. The molecule has 1 fully saturated rings. The number of likely N-dealkylation sites (N-methyl/N-ethyl adjacent to an activating group) is 1. The maximum Gasteiger partial charge on any atom is 0.323 e. The Hall–Kier alpha value is -1.45. The molecule has 22 heavy (non-hydrogen) atoms. The first-order chi connectivity index (χ1) is 10.3. The van der Waals surface area contributed by atoms with E-state index in [0.29, 0.717) is 18.0 Å². The molecule has 122 valence electrons. The van der Waals surface area contributed by atoms with Gasteiger partial charge in [0.15, 0.2) is 0 Å². The highest BCUT2D eigenvalue weighted by atomic mass is 32.2. The highest BCUT2D eigenvalue weighted by Crippen LogP contribution is 2.27. The Balaban J connectivity index is 2.05. The number of nitrogens with zero attached hydrogens (tertiary/aromatic N) is 2. The highest BCUT2D eigenvalue weighted by Gasteiger charge is 2.28. The van der Waals surface area contributed by atoms with Gasteiger partial charge in [-0.05, 0) is 25.0 Å². The number of amides is 1. The molecule has 0 bridgehead atoms. The zero-order valence-corrected chi connectivity index (χ0v) is 13.8. The van der Waals surface area contributed by atoms with E-state index in [-0.39, 0.29) is 23.1 Å². The molecule has 2 heterocycles. The van der Waals surface area contributed by atoms with E-state index in [0.717, 1.165) is 29.1 Å². The van der Waals surface area contributed by atoms with E-state index in [2.05, 4.69) is 0 Å². The van der Waals surface area contributed by atoms with Crippen LogP contribution in [0.3, 0.4) is 0 Å². The predicted molar refractivity (Wildman–Crippen MR) is 81.3 cm³/mol. The molecule has 0 aromatic carbocycles. The molecule has 1 saturated heterocycles. The maximum absolute atomic E-state index is 12.4. The van der Waals surface area contributed by atoms with Crippen molar-refractivity contribution in [3.8, 4) is 0 Å². The topological polar surface area (TPSA) is 95.0 Å². The van der Waals surface area contributed by atoms with Crippen LogP contribution in [0.2, 0.25) is 0 Å². The van der Waals surface area contributed by atoms with Gasteiger partial charge in [0, 0.05) is 25.0 Å². The van der Waals surface area contributed by atoms with Gasteiger partial charge >= 0.3 is 5.97 Å². The molecule has 0 atom stereocenters. The van der Waals surface area contributed by atoms with Crippen molar-refractivity contribution < 1.29 is 23.1 Å². The van der Waals surface area contributed by atoms with Crippen LogP contribution in [0.1, 0.15) is 17.7 Å². The van der Waals surface area contributed by atoms with Crippen LogP contribution in [0.25, 0.3) is 0 Å². The number of hydrogen-bond acceptors (Lipinski definition) is 5. The number of aliphatic carboxylic acids is 1. The van der Waals surface area contributed by atoms with Gasteiger partial charge in [0.2, 0.25) is 5.91 Å². The average molecular weight is 346 g/mol. The lowest BCUT2D eigenvalue weighted by Crippen LogP contribution is -2.32. The summed E-state index contributed by atoms with van der Waals surface area (Å²) in [7, 11) is -2.05. The van der Waals surface area contributed by atoms with Gasteiger partial charge in [-0.25, -0.2) is 8.42 Å². The highest BCUT2D eigenvalue weighted by molar-refractivity contribution is 7.91. The number of carbonyl (C=O) groups excluding carboxylic acids is 1. The second kappa shape index (κ2) is 6.76.